The minimum Gasteiger partial charge on any atom is -0.480 e. The number of amides is 1. The highest BCUT2D eigenvalue weighted by Gasteiger charge is 2.25. The zero-order valence-electron chi connectivity index (χ0n) is 17.8. The molecule has 0 saturated carbocycles. The SMILES string of the molecule is CCCCCn1c(CCC(NC(=O)OC(C)(C)C)C(=O)O)nc2cc(Cl)c(Cl)cc21. The Bertz CT molecular complexity index is 906. The van der Waals surface area contributed by atoms with Crippen LogP contribution in [0.15, 0.2) is 12.1 Å². The molecule has 1 heterocycles. The van der Waals surface area contributed by atoms with Gasteiger partial charge in [0.1, 0.15) is 17.5 Å². The number of halogens is 2. The lowest BCUT2D eigenvalue weighted by molar-refractivity contribution is -0.139. The fraction of sp³-hybridized carbons (Fsp3) is 0.571. The second kappa shape index (κ2) is 10.4. The van der Waals surface area contributed by atoms with E-state index in [2.05, 4.69) is 21.8 Å². The lowest BCUT2D eigenvalue weighted by Gasteiger charge is -2.22. The van der Waals surface area contributed by atoms with Gasteiger partial charge in [0.15, 0.2) is 0 Å². The van der Waals surface area contributed by atoms with Gasteiger partial charge in [0.05, 0.1) is 21.1 Å². The first-order valence-corrected chi connectivity index (χ1v) is 10.8. The maximum atomic E-state index is 12.0. The number of unbranched alkanes of at least 4 members (excludes halogenated alkanes) is 2. The number of nitrogens with one attached hydrogen (secondary N) is 1. The van der Waals surface area contributed by atoms with E-state index < -0.39 is 23.7 Å². The third kappa shape index (κ3) is 6.77. The van der Waals surface area contributed by atoms with E-state index in [-0.39, 0.29) is 6.42 Å². The van der Waals surface area contributed by atoms with Crippen LogP contribution in [0.2, 0.25) is 10.0 Å². The molecule has 2 rings (SSSR count). The van der Waals surface area contributed by atoms with Crippen LogP contribution in [-0.2, 0) is 22.5 Å². The van der Waals surface area contributed by atoms with Crippen molar-refractivity contribution < 1.29 is 19.4 Å². The number of carboxylic acids is 1. The number of hydrogen-bond acceptors (Lipinski definition) is 4. The van der Waals surface area contributed by atoms with Crippen molar-refractivity contribution in [3.63, 3.8) is 0 Å². The van der Waals surface area contributed by atoms with Crippen molar-refractivity contribution in [3.05, 3.63) is 28.0 Å². The van der Waals surface area contributed by atoms with Crippen molar-refractivity contribution in [2.45, 2.75) is 78.0 Å². The van der Waals surface area contributed by atoms with E-state index >= 15 is 0 Å². The molecule has 1 aromatic carbocycles. The van der Waals surface area contributed by atoms with Crippen molar-refractivity contribution in [1.29, 1.82) is 0 Å². The van der Waals surface area contributed by atoms with Gasteiger partial charge < -0.3 is 19.7 Å². The third-order valence-corrected chi connectivity index (χ3v) is 5.22. The minimum atomic E-state index is -1.12. The van der Waals surface area contributed by atoms with Crippen molar-refractivity contribution >= 4 is 46.3 Å². The monoisotopic (exact) mass is 457 g/mol. The van der Waals surface area contributed by atoms with E-state index in [9.17, 15) is 14.7 Å². The zero-order valence-corrected chi connectivity index (χ0v) is 19.3. The molecule has 1 unspecified atom stereocenters. The Morgan fingerprint density at radius 1 is 1.23 bits per heavy atom. The number of ether oxygens (including phenoxy) is 1. The van der Waals surface area contributed by atoms with Gasteiger partial charge in [-0.15, -0.1) is 0 Å². The Kier molecular flexibility index (Phi) is 8.38. The van der Waals surface area contributed by atoms with Crippen LogP contribution in [-0.4, -0.2) is 38.4 Å². The van der Waals surface area contributed by atoms with Crippen molar-refractivity contribution in [1.82, 2.24) is 14.9 Å². The van der Waals surface area contributed by atoms with Gasteiger partial charge in [-0.05, 0) is 45.7 Å². The Labute approximate surface area is 186 Å². The molecule has 0 aliphatic carbocycles. The van der Waals surface area contributed by atoms with Crippen LogP contribution in [0.25, 0.3) is 11.0 Å². The summed E-state index contributed by atoms with van der Waals surface area (Å²) in [7, 11) is 0. The summed E-state index contributed by atoms with van der Waals surface area (Å²) in [5, 5.41) is 12.8. The van der Waals surface area contributed by atoms with E-state index in [0.717, 1.165) is 37.1 Å². The number of hydrogen-bond donors (Lipinski definition) is 2. The highest BCUT2D eigenvalue weighted by atomic mass is 35.5. The van der Waals surface area contributed by atoms with Crippen LogP contribution >= 0.6 is 23.2 Å². The molecule has 0 radical (unpaired) electrons. The normalized spacial score (nSPS) is 12.7. The molecule has 1 atom stereocenters. The number of aliphatic carboxylic acids is 1. The number of fused-ring (bicyclic) bond motifs is 1. The van der Waals surface area contributed by atoms with Crippen LogP contribution in [0.3, 0.4) is 0 Å². The first kappa shape index (κ1) is 24.3. The van der Waals surface area contributed by atoms with Gasteiger partial charge >= 0.3 is 12.1 Å². The molecule has 9 heteroatoms. The largest absolute Gasteiger partial charge is 0.480 e. The number of carboxylic acid groups (broad SMARTS) is 1. The summed E-state index contributed by atoms with van der Waals surface area (Å²) < 4.78 is 7.23. The molecule has 0 aliphatic heterocycles. The van der Waals surface area contributed by atoms with Crippen LogP contribution < -0.4 is 5.32 Å². The molecule has 1 aromatic heterocycles. The smallest absolute Gasteiger partial charge is 0.408 e. The summed E-state index contributed by atoms with van der Waals surface area (Å²) in [4.78, 5) is 28.3. The number of aryl methyl sites for hydroxylation is 2. The van der Waals surface area contributed by atoms with Crippen molar-refractivity contribution in [3.8, 4) is 0 Å². The molecule has 30 heavy (non-hydrogen) atoms. The molecular formula is C21H29Cl2N3O4. The molecule has 0 aliphatic rings. The number of carbonyl (C=O) groups is 2. The second-order valence-corrected chi connectivity index (χ2v) is 9.03. The summed E-state index contributed by atoms with van der Waals surface area (Å²) >= 11 is 12.3. The average molecular weight is 458 g/mol. The third-order valence-electron chi connectivity index (χ3n) is 4.50. The number of imidazole rings is 1. The summed E-state index contributed by atoms with van der Waals surface area (Å²) in [5.74, 6) is -0.391. The summed E-state index contributed by atoms with van der Waals surface area (Å²) in [6, 6.07) is 2.41. The van der Waals surface area contributed by atoms with Crippen molar-refractivity contribution in [2.24, 2.45) is 0 Å². The van der Waals surface area contributed by atoms with Crippen molar-refractivity contribution in [2.75, 3.05) is 0 Å². The molecule has 7 nitrogen and oxygen atoms in total. The standard InChI is InChI=1S/C21H29Cl2N3O4/c1-5-6-7-10-26-17-12-14(23)13(22)11-16(17)24-18(26)9-8-15(19(27)28)25-20(29)30-21(2,3)4/h11-12,15H,5-10H2,1-4H3,(H,25,29)(H,27,28). The summed E-state index contributed by atoms with van der Waals surface area (Å²) in [5.41, 5.74) is 0.865. The van der Waals surface area contributed by atoms with Crippen LogP contribution in [0.4, 0.5) is 4.79 Å². The number of aromatic nitrogens is 2. The number of benzene rings is 1. The molecule has 0 bridgehead atoms. The summed E-state index contributed by atoms with van der Waals surface area (Å²) in [6.45, 7) is 8.03. The highest BCUT2D eigenvalue weighted by molar-refractivity contribution is 6.42. The van der Waals surface area contributed by atoms with Crippen LogP contribution in [0.5, 0.6) is 0 Å². The van der Waals surface area contributed by atoms with E-state index in [4.69, 9.17) is 27.9 Å². The van der Waals surface area contributed by atoms with Gasteiger partial charge in [0.2, 0.25) is 0 Å². The summed E-state index contributed by atoms with van der Waals surface area (Å²) in [6.07, 6.45) is 2.89. The predicted octanol–water partition coefficient (Wildman–Crippen LogP) is 5.44. The Morgan fingerprint density at radius 2 is 1.90 bits per heavy atom. The van der Waals surface area contributed by atoms with E-state index in [1.807, 2.05) is 0 Å². The molecular weight excluding hydrogens is 429 g/mol. The average Bonchev–Trinajstić information content (AvgIpc) is 2.94. The molecule has 0 saturated heterocycles. The Balaban J connectivity index is 2.22. The van der Waals surface area contributed by atoms with Gasteiger partial charge in [-0.2, -0.15) is 0 Å². The number of carbonyl (C=O) groups excluding carboxylic acids is 1. The number of alkyl carbamates (subject to hydrolysis) is 1. The lowest BCUT2D eigenvalue weighted by atomic mass is 10.1. The Morgan fingerprint density at radius 3 is 2.50 bits per heavy atom. The van der Waals surface area contributed by atoms with Gasteiger partial charge in [-0.3, -0.25) is 0 Å². The topological polar surface area (TPSA) is 93.5 Å². The fourth-order valence-corrected chi connectivity index (χ4v) is 3.43. The second-order valence-electron chi connectivity index (χ2n) is 8.22. The van der Waals surface area contributed by atoms with E-state index in [1.165, 1.54) is 0 Å². The predicted molar refractivity (Wildman–Crippen MR) is 118 cm³/mol. The molecule has 166 valence electrons. The van der Waals surface area contributed by atoms with Gasteiger partial charge in [-0.1, -0.05) is 43.0 Å². The van der Waals surface area contributed by atoms with Gasteiger partial charge in [0.25, 0.3) is 0 Å². The molecule has 1 amide bonds. The maximum absolute atomic E-state index is 12.0. The van der Waals surface area contributed by atoms with Gasteiger partial charge in [-0.25, -0.2) is 14.6 Å². The van der Waals surface area contributed by atoms with E-state index in [0.29, 0.717) is 22.0 Å². The maximum Gasteiger partial charge on any atom is 0.408 e. The first-order chi connectivity index (χ1) is 14.0. The van der Waals surface area contributed by atoms with Gasteiger partial charge in [0, 0.05) is 13.0 Å². The minimum absolute atomic E-state index is 0.174. The number of rotatable bonds is 9. The highest BCUT2D eigenvalue weighted by Crippen LogP contribution is 2.29. The van der Waals surface area contributed by atoms with Crippen LogP contribution in [0.1, 0.15) is 59.2 Å². The molecule has 2 N–H and O–H groups in total. The van der Waals surface area contributed by atoms with Crippen LogP contribution in [0, 0.1) is 0 Å². The fourth-order valence-electron chi connectivity index (χ4n) is 3.11. The molecule has 2 aromatic rings. The first-order valence-electron chi connectivity index (χ1n) is 10.1. The number of nitrogens with zero attached hydrogens (tertiary/aromatic N) is 2. The van der Waals surface area contributed by atoms with E-state index in [1.54, 1.807) is 32.9 Å². The molecule has 0 fully saturated rings. The zero-order chi connectivity index (χ0) is 22.5. The Hall–Kier alpha value is -1.99. The lowest BCUT2D eigenvalue weighted by Crippen LogP contribution is -2.43. The quantitative estimate of drug-likeness (QED) is 0.488. The molecule has 0 spiro atoms.